The molecule has 0 spiro atoms. The Kier molecular flexibility index (Phi) is 3.58. The van der Waals surface area contributed by atoms with Crippen LogP contribution >= 0.6 is 0 Å². The van der Waals surface area contributed by atoms with E-state index >= 15 is 0 Å². The molecule has 0 saturated heterocycles. The summed E-state index contributed by atoms with van der Waals surface area (Å²) in [6.45, 7) is 0. The molecule has 0 aromatic heterocycles. The number of rotatable bonds is 3. The molecule has 0 radical (unpaired) electrons. The van der Waals surface area contributed by atoms with Crippen molar-refractivity contribution in [2.75, 3.05) is 5.32 Å². The van der Waals surface area contributed by atoms with Gasteiger partial charge in [-0.3, -0.25) is 0 Å². The fourth-order valence-corrected chi connectivity index (χ4v) is 2.90. The molecular weight excluding hydrogens is 334 g/mol. The highest BCUT2D eigenvalue weighted by Crippen LogP contribution is 2.45. The molecule has 0 fully saturated rings. The fourth-order valence-electron chi connectivity index (χ4n) is 2.90. The molecule has 6 heteroatoms. The SMILES string of the molecule is O=C(O)c1cc2c(c(C(=O)O)c1)Nc1cc(-c3ccccc3)ccc1O2. The summed E-state index contributed by atoms with van der Waals surface area (Å²) >= 11 is 0. The first-order valence-corrected chi connectivity index (χ1v) is 7.82. The molecule has 3 N–H and O–H groups in total. The van der Waals surface area contributed by atoms with Crippen molar-refractivity contribution in [1.82, 2.24) is 0 Å². The highest BCUT2D eigenvalue weighted by atomic mass is 16.5. The minimum Gasteiger partial charge on any atom is -0.478 e. The van der Waals surface area contributed by atoms with Gasteiger partial charge in [-0.2, -0.15) is 0 Å². The second kappa shape index (κ2) is 5.93. The molecule has 0 amide bonds. The second-order valence-electron chi connectivity index (χ2n) is 5.81. The number of nitrogens with one attached hydrogen (secondary N) is 1. The van der Waals surface area contributed by atoms with Gasteiger partial charge in [0.15, 0.2) is 11.5 Å². The van der Waals surface area contributed by atoms with Crippen LogP contribution in [-0.2, 0) is 0 Å². The summed E-state index contributed by atoms with van der Waals surface area (Å²) in [6.07, 6.45) is 0. The number of carbonyl (C=O) groups is 2. The minimum atomic E-state index is -1.23. The summed E-state index contributed by atoms with van der Waals surface area (Å²) in [4.78, 5) is 22.8. The summed E-state index contributed by atoms with van der Waals surface area (Å²) in [6, 6.07) is 17.7. The molecular formula is C20H13NO5. The summed E-state index contributed by atoms with van der Waals surface area (Å²) in [7, 11) is 0. The Bertz CT molecular complexity index is 1040. The average molecular weight is 347 g/mol. The lowest BCUT2D eigenvalue weighted by Gasteiger charge is -2.24. The van der Waals surface area contributed by atoms with Crippen LogP contribution in [0.4, 0.5) is 11.4 Å². The molecule has 4 rings (SSSR count). The quantitative estimate of drug-likeness (QED) is 0.501. The highest BCUT2D eigenvalue weighted by molar-refractivity contribution is 6.02. The van der Waals surface area contributed by atoms with Crippen LogP contribution in [-0.4, -0.2) is 22.2 Å². The topological polar surface area (TPSA) is 95.9 Å². The Morgan fingerprint density at radius 2 is 1.58 bits per heavy atom. The Hall–Kier alpha value is -3.80. The van der Waals surface area contributed by atoms with Gasteiger partial charge in [0.25, 0.3) is 0 Å². The smallest absolute Gasteiger partial charge is 0.337 e. The maximum atomic E-state index is 11.6. The lowest BCUT2D eigenvalue weighted by molar-refractivity contribution is 0.0696. The van der Waals surface area contributed by atoms with Gasteiger partial charge >= 0.3 is 11.9 Å². The van der Waals surface area contributed by atoms with Crippen molar-refractivity contribution in [3.63, 3.8) is 0 Å². The number of benzene rings is 3. The van der Waals surface area contributed by atoms with E-state index in [9.17, 15) is 19.8 Å². The van der Waals surface area contributed by atoms with Crippen LogP contribution in [0.1, 0.15) is 20.7 Å². The molecule has 3 aromatic carbocycles. The Morgan fingerprint density at radius 3 is 2.27 bits per heavy atom. The van der Waals surface area contributed by atoms with Crippen molar-refractivity contribution in [2.45, 2.75) is 0 Å². The standard InChI is InChI=1S/C20H13NO5/c22-19(23)13-8-14(20(24)25)18-17(10-13)26-16-7-6-12(9-15(16)21-18)11-4-2-1-3-5-11/h1-10,21H,(H,22,23)(H,24,25). The number of hydrogen-bond acceptors (Lipinski definition) is 4. The van der Waals surface area contributed by atoms with Crippen molar-refractivity contribution in [1.29, 1.82) is 0 Å². The molecule has 3 aromatic rings. The highest BCUT2D eigenvalue weighted by Gasteiger charge is 2.25. The predicted octanol–water partition coefficient (Wildman–Crippen LogP) is 4.60. The molecule has 0 atom stereocenters. The van der Waals surface area contributed by atoms with Crippen LogP contribution in [0.15, 0.2) is 60.7 Å². The fraction of sp³-hybridized carbons (Fsp3) is 0. The second-order valence-corrected chi connectivity index (χ2v) is 5.81. The summed E-state index contributed by atoms with van der Waals surface area (Å²) in [5.41, 5.74) is 2.51. The molecule has 1 aliphatic heterocycles. The van der Waals surface area contributed by atoms with Crippen LogP contribution in [0.2, 0.25) is 0 Å². The van der Waals surface area contributed by atoms with Crippen LogP contribution in [0.25, 0.3) is 11.1 Å². The Morgan fingerprint density at radius 1 is 0.808 bits per heavy atom. The Labute approximate surface area is 148 Å². The van der Waals surface area contributed by atoms with E-state index in [0.29, 0.717) is 11.4 Å². The first kappa shape index (κ1) is 15.7. The average Bonchev–Trinajstić information content (AvgIpc) is 2.65. The maximum absolute atomic E-state index is 11.6. The van der Waals surface area contributed by atoms with Gasteiger partial charge in [0.2, 0.25) is 0 Å². The molecule has 0 saturated carbocycles. The normalized spacial score (nSPS) is 11.5. The lowest BCUT2D eigenvalue weighted by atomic mass is 10.0. The van der Waals surface area contributed by atoms with Gasteiger partial charge in [-0.15, -0.1) is 0 Å². The number of carboxylic acid groups (broad SMARTS) is 2. The molecule has 1 heterocycles. The molecule has 0 bridgehead atoms. The third-order valence-electron chi connectivity index (χ3n) is 4.15. The van der Waals surface area contributed by atoms with Gasteiger partial charge < -0.3 is 20.3 Å². The van der Waals surface area contributed by atoms with Crippen molar-refractivity contribution in [3.8, 4) is 22.6 Å². The van der Waals surface area contributed by atoms with Crippen molar-refractivity contribution < 1.29 is 24.5 Å². The van der Waals surface area contributed by atoms with Gasteiger partial charge in [-0.05, 0) is 35.4 Å². The monoisotopic (exact) mass is 347 g/mol. The molecule has 0 aliphatic carbocycles. The van der Waals surface area contributed by atoms with E-state index in [0.717, 1.165) is 17.2 Å². The number of fused-ring (bicyclic) bond motifs is 2. The molecule has 0 unspecified atom stereocenters. The maximum Gasteiger partial charge on any atom is 0.337 e. The number of ether oxygens (including phenoxy) is 1. The molecule has 1 aliphatic rings. The van der Waals surface area contributed by atoms with Gasteiger partial charge in [0.1, 0.15) is 0 Å². The predicted molar refractivity (Wildman–Crippen MR) is 95.6 cm³/mol. The number of hydrogen-bond donors (Lipinski definition) is 3. The molecule has 6 nitrogen and oxygen atoms in total. The summed E-state index contributed by atoms with van der Waals surface area (Å²) < 4.78 is 5.76. The van der Waals surface area contributed by atoms with E-state index < -0.39 is 11.9 Å². The largest absolute Gasteiger partial charge is 0.478 e. The van der Waals surface area contributed by atoms with Gasteiger partial charge in [0, 0.05) is 0 Å². The van der Waals surface area contributed by atoms with E-state index in [-0.39, 0.29) is 22.6 Å². The Balaban J connectivity index is 1.81. The number of anilines is 2. The third kappa shape index (κ3) is 2.63. The lowest BCUT2D eigenvalue weighted by Crippen LogP contribution is -2.11. The van der Waals surface area contributed by atoms with Crippen LogP contribution < -0.4 is 10.1 Å². The zero-order valence-electron chi connectivity index (χ0n) is 13.4. The zero-order chi connectivity index (χ0) is 18.3. The van der Waals surface area contributed by atoms with Crippen LogP contribution in [0.3, 0.4) is 0 Å². The third-order valence-corrected chi connectivity index (χ3v) is 4.15. The van der Waals surface area contributed by atoms with E-state index in [1.807, 2.05) is 42.5 Å². The zero-order valence-corrected chi connectivity index (χ0v) is 13.4. The number of carboxylic acids is 2. The molecule has 128 valence electrons. The summed E-state index contributed by atoms with van der Waals surface area (Å²) in [5.74, 6) is -1.79. The van der Waals surface area contributed by atoms with E-state index in [4.69, 9.17) is 4.74 Å². The van der Waals surface area contributed by atoms with Gasteiger partial charge in [-0.25, -0.2) is 9.59 Å². The van der Waals surface area contributed by atoms with Gasteiger partial charge in [-0.1, -0.05) is 36.4 Å². The van der Waals surface area contributed by atoms with Crippen LogP contribution in [0.5, 0.6) is 11.5 Å². The van der Waals surface area contributed by atoms with Crippen molar-refractivity contribution >= 4 is 23.3 Å². The van der Waals surface area contributed by atoms with E-state index in [1.54, 1.807) is 6.07 Å². The van der Waals surface area contributed by atoms with Crippen LogP contribution in [0, 0.1) is 0 Å². The minimum absolute atomic E-state index is 0.146. The van der Waals surface area contributed by atoms with Crippen molar-refractivity contribution in [3.05, 3.63) is 71.8 Å². The van der Waals surface area contributed by atoms with E-state index in [1.165, 1.54) is 6.07 Å². The van der Waals surface area contributed by atoms with Crippen molar-refractivity contribution in [2.24, 2.45) is 0 Å². The number of aromatic carboxylic acids is 2. The summed E-state index contributed by atoms with van der Waals surface area (Å²) in [5, 5.41) is 21.7. The first-order chi connectivity index (χ1) is 12.5. The van der Waals surface area contributed by atoms with Gasteiger partial charge in [0.05, 0.1) is 22.5 Å². The first-order valence-electron chi connectivity index (χ1n) is 7.82. The molecule has 26 heavy (non-hydrogen) atoms. The van der Waals surface area contributed by atoms with E-state index in [2.05, 4.69) is 5.32 Å².